The predicted molar refractivity (Wildman–Crippen MR) is 93.5 cm³/mol. The number of benzene rings is 2. The van der Waals surface area contributed by atoms with E-state index in [2.05, 4.69) is 4.79 Å². The fourth-order valence-electron chi connectivity index (χ4n) is 1.97. The van der Waals surface area contributed by atoms with Crippen LogP contribution in [0.3, 0.4) is 0 Å². The van der Waals surface area contributed by atoms with E-state index < -0.39 is 26.6 Å². The normalized spacial score (nSPS) is 10.9. The number of ether oxygens (including phenoxy) is 1. The van der Waals surface area contributed by atoms with Crippen LogP contribution in [0.2, 0.25) is 0 Å². The summed E-state index contributed by atoms with van der Waals surface area (Å²) in [5.74, 6) is -1.56. The molecule has 0 aliphatic rings. The van der Waals surface area contributed by atoms with Gasteiger partial charge < -0.3 is 10.3 Å². The third-order valence-electron chi connectivity index (χ3n) is 3.40. The van der Waals surface area contributed by atoms with Crippen molar-refractivity contribution in [2.75, 3.05) is 0 Å². The van der Waals surface area contributed by atoms with E-state index >= 15 is 0 Å². The summed E-state index contributed by atoms with van der Waals surface area (Å²) in [6.07, 6.45) is 0. The Hall–Kier alpha value is -3.09. The van der Waals surface area contributed by atoms with Crippen LogP contribution in [0.25, 0.3) is 5.53 Å². The topological polar surface area (TPSA) is 114 Å². The summed E-state index contributed by atoms with van der Waals surface area (Å²) in [6.45, 7) is 3.33. The minimum Gasteiger partial charge on any atom is -0.426 e. The van der Waals surface area contributed by atoms with Gasteiger partial charge in [-0.1, -0.05) is 44.2 Å². The van der Waals surface area contributed by atoms with Gasteiger partial charge in [-0.05, 0) is 24.3 Å². The van der Waals surface area contributed by atoms with E-state index in [1.165, 1.54) is 36.4 Å². The molecule has 0 aliphatic carbocycles. The van der Waals surface area contributed by atoms with Crippen molar-refractivity contribution in [3.05, 3.63) is 65.7 Å². The maximum absolute atomic E-state index is 12.6. The molecule has 0 radical (unpaired) electrons. The third-order valence-corrected chi connectivity index (χ3v) is 5.07. The predicted octanol–water partition coefficient (Wildman–Crippen LogP) is 2.53. The van der Waals surface area contributed by atoms with Crippen molar-refractivity contribution in [2.45, 2.75) is 18.7 Å². The lowest BCUT2D eigenvalue weighted by Crippen LogP contribution is -2.26. The molecular formula is C18H16N2O5S. The summed E-state index contributed by atoms with van der Waals surface area (Å²) in [4.78, 5) is 26.3. The average molecular weight is 372 g/mol. The first-order chi connectivity index (χ1) is 12.3. The van der Waals surface area contributed by atoms with Crippen molar-refractivity contribution in [3.63, 3.8) is 0 Å². The number of carbonyl (C=O) groups excluding carboxylic acids is 2. The van der Waals surface area contributed by atoms with Crippen LogP contribution < -0.4 is 4.74 Å². The van der Waals surface area contributed by atoms with Crippen LogP contribution in [0, 0.1) is 5.92 Å². The number of sulfone groups is 1. The number of esters is 1. The number of hydrogen-bond acceptors (Lipinski definition) is 5. The molecule has 0 N–H and O–H groups in total. The lowest BCUT2D eigenvalue weighted by Gasteiger charge is -2.07. The standard InChI is InChI=1S/C18H16N2O5S/c1-12(2)18(22)25-14-8-10-15(11-9-14)26(23,24)17(20-19)16(21)13-6-4-3-5-7-13/h3-12H,1-2H3. The molecule has 2 aromatic rings. The highest BCUT2D eigenvalue weighted by molar-refractivity contribution is 8.08. The molecule has 2 aromatic carbocycles. The van der Waals surface area contributed by atoms with E-state index in [0.29, 0.717) is 0 Å². The fraction of sp³-hybridized carbons (Fsp3) is 0.167. The molecule has 0 atom stereocenters. The van der Waals surface area contributed by atoms with Crippen LogP contribution in [0.4, 0.5) is 0 Å². The highest BCUT2D eigenvalue weighted by atomic mass is 32.2. The second-order valence-corrected chi connectivity index (χ2v) is 7.52. The third kappa shape index (κ3) is 4.11. The van der Waals surface area contributed by atoms with E-state index in [-0.39, 0.29) is 22.1 Å². The van der Waals surface area contributed by atoms with E-state index in [4.69, 9.17) is 10.3 Å². The summed E-state index contributed by atoms with van der Waals surface area (Å²) in [5, 5.41) is -0.990. The van der Waals surface area contributed by atoms with Gasteiger partial charge in [-0.3, -0.25) is 9.59 Å². The molecule has 0 bridgehead atoms. The second kappa shape index (κ2) is 7.86. The average Bonchev–Trinajstić information content (AvgIpc) is 2.63. The molecule has 8 heteroatoms. The molecule has 134 valence electrons. The molecule has 0 unspecified atom stereocenters. The van der Waals surface area contributed by atoms with Crippen molar-refractivity contribution in [2.24, 2.45) is 5.92 Å². The van der Waals surface area contributed by atoms with Crippen LogP contribution in [0.1, 0.15) is 24.2 Å². The molecule has 26 heavy (non-hydrogen) atoms. The zero-order chi connectivity index (χ0) is 19.3. The van der Waals surface area contributed by atoms with Crippen molar-refractivity contribution < 1.29 is 27.5 Å². The number of nitrogens with zero attached hydrogens (tertiary/aromatic N) is 2. The summed E-state index contributed by atoms with van der Waals surface area (Å²) in [7, 11) is -4.35. The van der Waals surface area contributed by atoms with E-state index in [1.807, 2.05) is 0 Å². The SMILES string of the molecule is CC(C)C(=O)Oc1ccc(S(=O)(=O)C(=[N+]=[N-])C(=O)c2ccccc2)cc1. The number of carbonyl (C=O) groups is 2. The molecule has 0 aliphatic heterocycles. The van der Waals surface area contributed by atoms with Crippen LogP contribution >= 0.6 is 0 Å². The first-order valence-electron chi connectivity index (χ1n) is 7.66. The molecule has 0 amide bonds. The Morgan fingerprint density at radius 2 is 1.58 bits per heavy atom. The smallest absolute Gasteiger partial charge is 0.426 e. The zero-order valence-corrected chi connectivity index (χ0v) is 14.9. The minimum absolute atomic E-state index is 0.0753. The van der Waals surface area contributed by atoms with Crippen LogP contribution in [-0.2, 0) is 14.6 Å². The number of rotatable bonds is 5. The number of hydrogen-bond donors (Lipinski definition) is 0. The van der Waals surface area contributed by atoms with Gasteiger partial charge in [0.2, 0.25) is 0 Å². The van der Waals surface area contributed by atoms with Crippen molar-refractivity contribution in [3.8, 4) is 5.75 Å². The van der Waals surface area contributed by atoms with E-state index in [0.717, 1.165) is 0 Å². The Morgan fingerprint density at radius 3 is 2.08 bits per heavy atom. The van der Waals surface area contributed by atoms with Crippen LogP contribution in [0.5, 0.6) is 5.75 Å². The van der Waals surface area contributed by atoms with Gasteiger partial charge in [0.1, 0.15) is 5.75 Å². The van der Waals surface area contributed by atoms with E-state index in [9.17, 15) is 18.0 Å². The highest BCUT2D eigenvalue weighted by Crippen LogP contribution is 2.20. The quantitative estimate of drug-likeness (QED) is 0.152. The highest BCUT2D eigenvalue weighted by Gasteiger charge is 2.38. The Bertz CT molecular complexity index is 974. The monoisotopic (exact) mass is 372 g/mol. The molecular weight excluding hydrogens is 356 g/mol. The Kier molecular flexibility index (Phi) is 5.82. The maximum atomic E-state index is 12.6. The molecule has 0 heterocycles. The molecule has 0 aromatic heterocycles. The van der Waals surface area contributed by atoms with Crippen molar-refractivity contribution in [1.29, 1.82) is 0 Å². The summed E-state index contributed by atoms with van der Waals surface area (Å²) in [6, 6.07) is 12.5. The summed E-state index contributed by atoms with van der Waals surface area (Å²) in [5.41, 5.74) is 9.18. The van der Waals surface area contributed by atoms with Gasteiger partial charge in [-0.15, -0.1) is 4.79 Å². The molecule has 7 nitrogen and oxygen atoms in total. The maximum Gasteiger partial charge on any atom is 0.456 e. The largest absolute Gasteiger partial charge is 0.456 e. The molecule has 2 rings (SSSR count). The molecule has 0 saturated carbocycles. The first kappa shape index (κ1) is 19.2. The summed E-state index contributed by atoms with van der Waals surface area (Å²) < 4.78 is 30.3. The molecule has 0 fully saturated rings. The van der Waals surface area contributed by atoms with Gasteiger partial charge in [0, 0.05) is 5.56 Å². The van der Waals surface area contributed by atoms with Gasteiger partial charge in [-0.2, -0.15) is 0 Å². The molecule has 0 saturated heterocycles. The van der Waals surface area contributed by atoms with Crippen molar-refractivity contribution in [1.82, 2.24) is 0 Å². The van der Waals surface area contributed by atoms with Crippen LogP contribution in [0.15, 0.2) is 59.5 Å². The van der Waals surface area contributed by atoms with Gasteiger partial charge in [0.05, 0.1) is 10.8 Å². The minimum atomic E-state index is -4.35. The van der Waals surface area contributed by atoms with Crippen molar-refractivity contribution >= 4 is 26.6 Å². The van der Waals surface area contributed by atoms with E-state index in [1.54, 1.807) is 32.0 Å². The Morgan fingerprint density at radius 1 is 1.00 bits per heavy atom. The van der Waals surface area contributed by atoms with Crippen LogP contribution in [-0.4, -0.2) is 30.0 Å². The fourth-order valence-corrected chi connectivity index (χ4v) is 3.15. The van der Waals surface area contributed by atoms with Gasteiger partial charge in [0.25, 0.3) is 15.6 Å². The lowest BCUT2D eigenvalue weighted by atomic mass is 10.1. The van der Waals surface area contributed by atoms with Gasteiger partial charge >= 0.3 is 11.0 Å². The second-order valence-electron chi connectivity index (χ2n) is 5.65. The molecule has 0 spiro atoms. The Balaban J connectivity index is 2.32. The number of Topliss-reactive ketones (excluding diaryl/α,β-unsaturated/α-hetero) is 1. The summed E-state index contributed by atoms with van der Waals surface area (Å²) >= 11 is 0. The zero-order valence-electron chi connectivity index (χ0n) is 14.1. The Labute approximate surface area is 150 Å². The number of ketones is 1. The van der Waals surface area contributed by atoms with Gasteiger partial charge in [-0.25, -0.2) is 8.42 Å². The van der Waals surface area contributed by atoms with Gasteiger partial charge in [0.15, 0.2) is 0 Å². The lowest BCUT2D eigenvalue weighted by molar-refractivity contribution is -0.137. The first-order valence-corrected chi connectivity index (χ1v) is 9.14.